The molecule has 2 fully saturated rings. The number of anilines is 1. The van der Waals surface area contributed by atoms with Crippen LogP contribution < -0.4 is 9.64 Å². The van der Waals surface area contributed by atoms with Gasteiger partial charge in [-0.2, -0.15) is 15.2 Å². The third kappa shape index (κ3) is 6.09. The highest BCUT2D eigenvalue weighted by Gasteiger charge is 2.35. The van der Waals surface area contributed by atoms with Gasteiger partial charge in [0.2, 0.25) is 0 Å². The number of carbonyl (C=O) groups excluding carboxylic acids is 1. The molecule has 14 heteroatoms. The number of likely N-dealkylation sites (tertiary alicyclic amines) is 1. The van der Waals surface area contributed by atoms with Gasteiger partial charge in [0.15, 0.2) is 6.17 Å². The summed E-state index contributed by atoms with van der Waals surface area (Å²) in [6, 6.07) is 8.34. The standard InChI is InChI=1S/C31H29Cl3F2N6O3/c1-16(35)30(43)42-7-6-41(14-19(42)3-5-37)29-26-25(38-31(39-29)45-15-20-11-18(36)13-40(20)2)12-22(21-4-8-44-28(21)26)23-9-17(32)10-24(33)27(23)34/h4,8-10,12,16,18-20H,3,6-7,11,13-15H2,1-2H3/t16?,18-,19+,20+/m1/s1. The van der Waals surface area contributed by atoms with Gasteiger partial charge in [-0.15, -0.1) is 0 Å². The van der Waals surface area contributed by atoms with E-state index in [1.807, 2.05) is 22.9 Å². The summed E-state index contributed by atoms with van der Waals surface area (Å²) in [7, 11) is 1.84. The Kier molecular flexibility index (Phi) is 8.94. The number of fused-ring (bicyclic) bond motifs is 3. The molecule has 4 atom stereocenters. The minimum Gasteiger partial charge on any atom is -0.463 e. The Balaban J connectivity index is 1.49. The van der Waals surface area contributed by atoms with Gasteiger partial charge >= 0.3 is 6.01 Å². The largest absolute Gasteiger partial charge is 0.463 e. The molecule has 236 valence electrons. The van der Waals surface area contributed by atoms with Crippen molar-refractivity contribution in [2.24, 2.45) is 0 Å². The second-order valence-electron chi connectivity index (χ2n) is 11.4. The van der Waals surface area contributed by atoms with Gasteiger partial charge in [-0.05, 0) is 50.2 Å². The number of halogens is 5. The summed E-state index contributed by atoms with van der Waals surface area (Å²) in [5, 5.41) is 11.8. The van der Waals surface area contributed by atoms with Crippen LogP contribution in [-0.2, 0) is 4.79 Å². The number of piperazine rings is 1. The van der Waals surface area contributed by atoms with Crippen molar-refractivity contribution in [2.45, 2.75) is 44.2 Å². The molecule has 0 aliphatic carbocycles. The molecule has 2 aliphatic rings. The fraction of sp³-hybridized carbons (Fsp3) is 0.419. The number of benzene rings is 2. The number of rotatable bonds is 7. The summed E-state index contributed by atoms with van der Waals surface area (Å²) in [6.07, 6.45) is -0.745. The number of hydrogen-bond donors (Lipinski definition) is 0. The second kappa shape index (κ2) is 12.8. The average Bonchev–Trinajstić information content (AvgIpc) is 3.62. The van der Waals surface area contributed by atoms with E-state index in [2.05, 4.69) is 6.07 Å². The molecular formula is C31H29Cl3F2N6O3. The predicted octanol–water partition coefficient (Wildman–Crippen LogP) is 6.71. The smallest absolute Gasteiger partial charge is 0.319 e. The van der Waals surface area contributed by atoms with Gasteiger partial charge in [0.05, 0.1) is 45.7 Å². The molecule has 4 heterocycles. The maximum atomic E-state index is 14.1. The first-order chi connectivity index (χ1) is 21.5. The fourth-order valence-electron chi connectivity index (χ4n) is 6.19. The number of nitrogens with zero attached hydrogens (tertiary/aromatic N) is 6. The molecule has 1 unspecified atom stereocenters. The summed E-state index contributed by atoms with van der Waals surface area (Å²) in [6.45, 7) is 2.38. The zero-order valence-corrected chi connectivity index (χ0v) is 26.7. The zero-order valence-electron chi connectivity index (χ0n) is 24.4. The molecule has 0 N–H and O–H groups in total. The molecule has 4 aromatic rings. The van der Waals surface area contributed by atoms with E-state index in [0.29, 0.717) is 68.4 Å². The number of alkyl halides is 2. The lowest BCUT2D eigenvalue weighted by Gasteiger charge is -2.41. The van der Waals surface area contributed by atoms with E-state index in [1.165, 1.54) is 11.8 Å². The van der Waals surface area contributed by atoms with Crippen molar-refractivity contribution in [2.75, 3.05) is 44.7 Å². The molecule has 2 aromatic carbocycles. The Bertz CT molecular complexity index is 1820. The zero-order chi connectivity index (χ0) is 32.0. The molecule has 2 saturated heterocycles. The Hall–Kier alpha value is -3.43. The van der Waals surface area contributed by atoms with E-state index in [1.54, 1.807) is 24.5 Å². The van der Waals surface area contributed by atoms with Crippen LogP contribution in [0.25, 0.3) is 33.0 Å². The summed E-state index contributed by atoms with van der Waals surface area (Å²) in [5.41, 5.74) is 2.19. The van der Waals surface area contributed by atoms with Crippen molar-refractivity contribution < 1.29 is 22.7 Å². The summed E-state index contributed by atoms with van der Waals surface area (Å²) in [5.74, 6) is -0.198. The number of likely N-dealkylation sites (N-methyl/N-ethyl adjacent to an activating group) is 1. The molecule has 9 nitrogen and oxygen atoms in total. The highest BCUT2D eigenvalue weighted by molar-refractivity contribution is 6.45. The Labute approximate surface area is 273 Å². The van der Waals surface area contributed by atoms with Crippen LogP contribution in [0.15, 0.2) is 34.9 Å². The normalized spacial score (nSPS) is 21.4. The lowest BCUT2D eigenvalue weighted by Crippen LogP contribution is -2.56. The molecule has 2 aromatic heterocycles. The number of carbonyl (C=O) groups is 1. The molecule has 0 saturated carbocycles. The van der Waals surface area contributed by atoms with Crippen LogP contribution in [0.3, 0.4) is 0 Å². The Morgan fingerprint density at radius 2 is 1.98 bits per heavy atom. The molecule has 6 rings (SSSR count). The van der Waals surface area contributed by atoms with Crippen LogP contribution in [0.2, 0.25) is 15.1 Å². The van der Waals surface area contributed by atoms with Crippen molar-refractivity contribution in [1.82, 2.24) is 19.8 Å². The summed E-state index contributed by atoms with van der Waals surface area (Å²) < 4.78 is 40.2. The predicted molar refractivity (Wildman–Crippen MR) is 170 cm³/mol. The molecular weight excluding hydrogens is 649 g/mol. The molecule has 0 bridgehead atoms. The topological polar surface area (TPSA) is 98.7 Å². The van der Waals surface area contributed by atoms with Gasteiger partial charge in [0.25, 0.3) is 5.91 Å². The van der Waals surface area contributed by atoms with Crippen molar-refractivity contribution >= 4 is 68.4 Å². The second-order valence-corrected chi connectivity index (χ2v) is 12.6. The first-order valence-corrected chi connectivity index (χ1v) is 15.6. The molecule has 0 radical (unpaired) electrons. The van der Waals surface area contributed by atoms with E-state index in [4.69, 9.17) is 53.9 Å². The third-order valence-electron chi connectivity index (χ3n) is 8.42. The number of ether oxygens (including phenoxy) is 1. The van der Waals surface area contributed by atoms with Crippen LogP contribution in [-0.4, -0.2) is 89.9 Å². The summed E-state index contributed by atoms with van der Waals surface area (Å²) >= 11 is 19.4. The number of nitriles is 1. The van der Waals surface area contributed by atoms with Crippen LogP contribution >= 0.6 is 34.8 Å². The fourth-order valence-corrected chi connectivity index (χ4v) is 6.89. The first kappa shape index (κ1) is 31.5. The number of amides is 1. The minimum absolute atomic E-state index is 0.00802. The highest BCUT2D eigenvalue weighted by atomic mass is 35.5. The van der Waals surface area contributed by atoms with E-state index < -0.39 is 24.3 Å². The van der Waals surface area contributed by atoms with E-state index in [0.717, 1.165) is 0 Å². The summed E-state index contributed by atoms with van der Waals surface area (Å²) in [4.78, 5) is 27.4. The van der Waals surface area contributed by atoms with Crippen molar-refractivity contribution in [3.8, 4) is 23.2 Å². The van der Waals surface area contributed by atoms with Crippen LogP contribution in [0, 0.1) is 11.3 Å². The maximum absolute atomic E-state index is 14.1. The van der Waals surface area contributed by atoms with Gasteiger partial charge in [0, 0.05) is 48.2 Å². The quantitative estimate of drug-likeness (QED) is 0.199. The number of furan rings is 1. The van der Waals surface area contributed by atoms with E-state index >= 15 is 0 Å². The van der Waals surface area contributed by atoms with Crippen LogP contribution in [0.5, 0.6) is 6.01 Å². The van der Waals surface area contributed by atoms with Gasteiger partial charge in [-0.3, -0.25) is 9.69 Å². The van der Waals surface area contributed by atoms with Gasteiger partial charge in [-0.1, -0.05) is 34.8 Å². The maximum Gasteiger partial charge on any atom is 0.319 e. The average molecular weight is 678 g/mol. The first-order valence-electron chi connectivity index (χ1n) is 14.5. The number of hydrogen-bond acceptors (Lipinski definition) is 8. The molecule has 1 amide bonds. The van der Waals surface area contributed by atoms with Crippen molar-refractivity contribution in [3.05, 3.63) is 45.6 Å². The Morgan fingerprint density at radius 3 is 2.69 bits per heavy atom. The minimum atomic E-state index is -1.69. The lowest BCUT2D eigenvalue weighted by molar-refractivity contribution is -0.138. The van der Waals surface area contributed by atoms with Crippen molar-refractivity contribution in [1.29, 1.82) is 5.26 Å². The third-order valence-corrected chi connectivity index (χ3v) is 9.44. The van der Waals surface area contributed by atoms with Crippen LogP contribution in [0.4, 0.5) is 14.6 Å². The molecule has 2 aliphatic heterocycles. The van der Waals surface area contributed by atoms with E-state index in [9.17, 15) is 18.8 Å². The molecule has 0 spiro atoms. The van der Waals surface area contributed by atoms with Crippen molar-refractivity contribution in [3.63, 3.8) is 0 Å². The number of aromatic nitrogens is 2. The highest BCUT2D eigenvalue weighted by Crippen LogP contribution is 2.44. The van der Waals surface area contributed by atoms with Gasteiger partial charge in [0.1, 0.15) is 24.2 Å². The molecule has 45 heavy (non-hydrogen) atoms. The van der Waals surface area contributed by atoms with E-state index in [-0.39, 0.29) is 43.2 Å². The monoisotopic (exact) mass is 676 g/mol. The van der Waals surface area contributed by atoms with Crippen LogP contribution in [0.1, 0.15) is 19.8 Å². The lowest BCUT2D eigenvalue weighted by atomic mass is 9.99. The van der Waals surface area contributed by atoms with Gasteiger partial charge in [-0.25, -0.2) is 8.78 Å². The SMILES string of the molecule is CC(F)C(=O)N1CCN(c2nc(OC[C@@H]3C[C@@H](F)CN3C)nc3cc(-c4cc(Cl)cc(Cl)c4Cl)c4ccoc4c23)C[C@@H]1CC#N. The van der Waals surface area contributed by atoms with Gasteiger partial charge < -0.3 is 19.0 Å². The Morgan fingerprint density at radius 1 is 1.18 bits per heavy atom.